The van der Waals surface area contributed by atoms with Crippen molar-refractivity contribution in [2.24, 2.45) is 0 Å². The summed E-state index contributed by atoms with van der Waals surface area (Å²) in [6.45, 7) is 8.81. The van der Waals surface area contributed by atoms with E-state index < -0.39 is 0 Å². The van der Waals surface area contributed by atoms with Crippen LogP contribution in [0.15, 0.2) is 18.2 Å². The summed E-state index contributed by atoms with van der Waals surface area (Å²) in [5.74, 6) is 1.91. The standard InChI is InChI=1S/C16H28N4/c1-3-17-15-9-6-10-16(19-15)18-11-7-13-20-12-5-4-8-14(20)2/h6,9-10,14H,3-5,7-8,11-13H2,1-2H3,(H2,17,18,19). The largest absolute Gasteiger partial charge is 0.370 e. The zero-order valence-corrected chi connectivity index (χ0v) is 12.9. The van der Waals surface area contributed by atoms with Crippen LogP contribution in [0.25, 0.3) is 0 Å². The van der Waals surface area contributed by atoms with Crippen LogP contribution in [0.1, 0.15) is 39.5 Å². The first kappa shape index (κ1) is 15.1. The van der Waals surface area contributed by atoms with Crippen molar-refractivity contribution in [2.75, 3.05) is 36.8 Å². The van der Waals surface area contributed by atoms with Gasteiger partial charge in [-0.1, -0.05) is 12.5 Å². The number of aromatic nitrogens is 1. The molecule has 0 saturated carbocycles. The topological polar surface area (TPSA) is 40.2 Å². The monoisotopic (exact) mass is 276 g/mol. The molecule has 0 bridgehead atoms. The maximum Gasteiger partial charge on any atom is 0.128 e. The lowest BCUT2D eigenvalue weighted by Gasteiger charge is -2.33. The summed E-state index contributed by atoms with van der Waals surface area (Å²) in [5, 5.41) is 6.66. The Balaban J connectivity index is 1.68. The van der Waals surface area contributed by atoms with Crippen LogP contribution in [0.2, 0.25) is 0 Å². The summed E-state index contributed by atoms with van der Waals surface area (Å²) in [7, 11) is 0. The van der Waals surface area contributed by atoms with Gasteiger partial charge < -0.3 is 15.5 Å². The lowest BCUT2D eigenvalue weighted by atomic mass is 10.0. The molecule has 4 nitrogen and oxygen atoms in total. The Bertz CT molecular complexity index is 394. The molecule has 1 atom stereocenters. The third kappa shape index (κ3) is 4.67. The van der Waals surface area contributed by atoms with Crippen molar-refractivity contribution >= 4 is 11.6 Å². The second-order valence-electron chi connectivity index (χ2n) is 5.60. The lowest BCUT2D eigenvalue weighted by Crippen LogP contribution is -2.38. The van der Waals surface area contributed by atoms with E-state index in [4.69, 9.17) is 0 Å². The smallest absolute Gasteiger partial charge is 0.128 e. The van der Waals surface area contributed by atoms with E-state index in [-0.39, 0.29) is 0 Å². The van der Waals surface area contributed by atoms with E-state index >= 15 is 0 Å². The number of hydrogen-bond donors (Lipinski definition) is 2. The summed E-state index contributed by atoms with van der Waals surface area (Å²) in [6.07, 6.45) is 5.30. The van der Waals surface area contributed by atoms with Crippen molar-refractivity contribution in [3.63, 3.8) is 0 Å². The average molecular weight is 276 g/mol. The van der Waals surface area contributed by atoms with Gasteiger partial charge in [-0.05, 0) is 51.8 Å². The Labute approximate surface area is 123 Å². The molecule has 1 aliphatic rings. The van der Waals surface area contributed by atoms with Crippen molar-refractivity contribution in [3.8, 4) is 0 Å². The van der Waals surface area contributed by atoms with Crippen LogP contribution in [0.5, 0.6) is 0 Å². The predicted octanol–water partition coefficient (Wildman–Crippen LogP) is 3.19. The summed E-state index contributed by atoms with van der Waals surface area (Å²) >= 11 is 0. The first-order valence-corrected chi connectivity index (χ1v) is 7.98. The van der Waals surface area contributed by atoms with Gasteiger partial charge in [0.25, 0.3) is 0 Å². The van der Waals surface area contributed by atoms with Gasteiger partial charge in [-0.15, -0.1) is 0 Å². The van der Waals surface area contributed by atoms with Crippen LogP contribution in [-0.2, 0) is 0 Å². The second kappa shape index (κ2) is 8.10. The average Bonchev–Trinajstić information content (AvgIpc) is 2.46. The third-order valence-electron chi connectivity index (χ3n) is 3.98. The van der Waals surface area contributed by atoms with E-state index in [1.54, 1.807) is 0 Å². The SMILES string of the molecule is CCNc1cccc(NCCCN2CCCCC2C)n1. The van der Waals surface area contributed by atoms with Gasteiger partial charge in [0.1, 0.15) is 11.6 Å². The molecule has 2 heterocycles. The molecule has 0 amide bonds. The Morgan fingerprint density at radius 1 is 1.25 bits per heavy atom. The highest BCUT2D eigenvalue weighted by Crippen LogP contribution is 2.16. The highest BCUT2D eigenvalue weighted by atomic mass is 15.2. The summed E-state index contributed by atoms with van der Waals surface area (Å²) in [5.41, 5.74) is 0. The number of pyridine rings is 1. The van der Waals surface area contributed by atoms with Crippen molar-refractivity contribution < 1.29 is 0 Å². The first-order valence-electron chi connectivity index (χ1n) is 7.98. The fraction of sp³-hybridized carbons (Fsp3) is 0.688. The molecule has 2 rings (SSSR count). The highest BCUT2D eigenvalue weighted by molar-refractivity contribution is 5.44. The number of nitrogens with one attached hydrogen (secondary N) is 2. The number of hydrogen-bond acceptors (Lipinski definition) is 4. The first-order chi connectivity index (χ1) is 9.79. The van der Waals surface area contributed by atoms with Gasteiger partial charge in [-0.25, -0.2) is 4.98 Å². The van der Waals surface area contributed by atoms with Crippen LogP contribution in [0, 0.1) is 0 Å². The zero-order chi connectivity index (χ0) is 14.2. The molecule has 0 aliphatic carbocycles. The minimum atomic E-state index is 0.763. The molecular formula is C16H28N4. The van der Waals surface area contributed by atoms with Gasteiger partial charge in [0.05, 0.1) is 0 Å². The maximum absolute atomic E-state index is 4.53. The number of piperidine rings is 1. The Morgan fingerprint density at radius 3 is 2.80 bits per heavy atom. The van der Waals surface area contributed by atoms with Crippen LogP contribution < -0.4 is 10.6 Å². The predicted molar refractivity (Wildman–Crippen MR) is 86.4 cm³/mol. The zero-order valence-electron chi connectivity index (χ0n) is 12.9. The maximum atomic E-state index is 4.53. The third-order valence-corrected chi connectivity index (χ3v) is 3.98. The second-order valence-corrected chi connectivity index (χ2v) is 5.60. The van der Waals surface area contributed by atoms with Crippen molar-refractivity contribution in [1.29, 1.82) is 0 Å². The minimum Gasteiger partial charge on any atom is -0.370 e. The molecule has 2 N–H and O–H groups in total. The van der Waals surface area contributed by atoms with Crippen LogP contribution in [0.4, 0.5) is 11.6 Å². The van der Waals surface area contributed by atoms with Gasteiger partial charge in [-0.2, -0.15) is 0 Å². The molecule has 0 aromatic carbocycles. The molecule has 1 saturated heterocycles. The molecule has 112 valence electrons. The molecule has 0 spiro atoms. The molecule has 20 heavy (non-hydrogen) atoms. The molecule has 1 fully saturated rings. The summed E-state index contributed by atoms with van der Waals surface area (Å²) in [6, 6.07) is 6.84. The molecule has 1 aromatic rings. The Kier molecular flexibility index (Phi) is 6.12. The van der Waals surface area contributed by atoms with Crippen molar-refractivity contribution in [3.05, 3.63) is 18.2 Å². The van der Waals surface area contributed by atoms with Gasteiger partial charge in [0.2, 0.25) is 0 Å². The quantitative estimate of drug-likeness (QED) is 0.750. The normalized spacial score (nSPS) is 19.8. The van der Waals surface area contributed by atoms with E-state index in [2.05, 4.69) is 34.4 Å². The van der Waals surface area contributed by atoms with Gasteiger partial charge >= 0.3 is 0 Å². The molecular weight excluding hydrogens is 248 g/mol. The summed E-state index contributed by atoms with van der Waals surface area (Å²) < 4.78 is 0. The Hall–Kier alpha value is -1.29. The van der Waals surface area contributed by atoms with Crippen LogP contribution >= 0.6 is 0 Å². The van der Waals surface area contributed by atoms with Gasteiger partial charge in [0, 0.05) is 25.7 Å². The van der Waals surface area contributed by atoms with Crippen LogP contribution in [-0.4, -0.2) is 42.1 Å². The number of anilines is 2. The van der Waals surface area contributed by atoms with E-state index in [0.717, 1.165) is 30.8 Å². The lowest BCUT2D eigenvalue weighted by molar-refractivity contribution is 0.160. The van der Waals surface area contributed by atoms with E-state index in [1.807, 2.05) is 18.2 Å². The molecule has 4 heteroatoms. The van der Waals surface area contributed by atoms with Crippen molar-refractivity contribution in [2.45, 2.75) is 45.6 Å². The molecule has 1 unspecified atom stereocenters. The molecule has 0 radical (unpaired) electrons. The Morgan fingerprint density at radius 2 is 2.05 bits per heavy atom. The minimum absolute atomic E-state index is 0.763. The number of nitrogens with zero attached hydrogens (tertiary/aromatic N) is 2. The molecule has 1 aliphatic heterocycles. The van der Waals surface area contributed by atoms with E-state index in [9.17, 15) is 0 Å². The highest BCUT2D eigenvalue weighted by Gasteiger charge is 2.16. The van der Waals surface area contributed by atoms with E-state index in [1.165, 1.54) is 38.8 Å². The fourth-order valence-corrected chi connectivity index (χ4v) is 2.80. The fourth-order valence-electron chi connectivity index (χ4n) is 2.80. The van der Waals surface area contributed by atoms with Gasteiger partial charge in [0.15, 0.2) is 0 Å². The van der Waals surface area contributed by atoms with E-state index in [0.29, 0.717) is 0 Å². The number of likely N-dealkylation sites (tertiary alicyclic amines) is 1. The summed E-state index contributed by atoms with van der Waals surface area (Å²) in [4.78, 5) is 7.14. The van der Waals surface area contributed by atoms with Crippen LogP contribution in [0.3, 0.4) is 0 Å². The van der Waals surface area contributed by atoms with Gasteiger partial charge in [-0.3, -0.25) is 0 Å². The number of rotatable bonds is 7. The van der Waals surface area contributed by atoms with Crippen molar-refractivity contribution in [1.82, 2.24) is 9.88 Å². The molecule has 1 aromatic heterocycles.